The van der Waals surface area contributed by atoms with E-state index in [1.54, 1.807) is 0 Å². The first-order valence-corrected chi connectivity index (χ1v) is 9.87. The van der Waals surface area contributed by atoms with Crippen LogP contribution in [0.15, 0.2) is 36.4 Å². The van der Waals surface area contributed by atoms with Crippen LogP contribution in [0.25, 0.3) is 10.9 Å². The summed E-state index contributed by atoms with van der Waals surface area (Å²) in [5.41, 5.74) is 6.91. The summed E-state index contributed by atoms with van der Waals surface area (Å²) < 4.78 is 0. The van der Waals surface area contributed by atoms with Crippen molar-refractivity contribution in [3.63, 3.8) is 0 Å². The highest BCUT2D eigenvalue weighted by Gasteiger charge is 2.21. The lowest BCUT2D eigenvalue weighted by molar-refractivity contribution is 0.0988. The second-order valence-electron chi connectivity index (χ2n) is 7.28. The summed E-state index contributed by atoms with van der Waals surface area (Å²) in [6.45, 7) is 6.70. The number of anilines is 1. The average molecular weight is 379 g/mol. The topological polar surface area (TPSA) is 33.2 Å². The molecule has 0 N–H and O–H groups in total. The van der Waals surface area contributed by atoms with Gasteiger partial charge in [-0.3, -0.25) is 9.78 Å². The van der Waals surface area contributed by atoms with Crippen LogP contribution < -0.4 is 4.90 Å². The lowest BCUT2D eigenvalue weighted by Gasteiger charge is -2.24. The second-order valence-corrected chi connectivity index (χ2v) is 7.65. The Morgan fingerprint density at radius 1 is 1.15 bits per heavy atom. The highest BCUT2D eigenvalue weighted by atomic mass is 35.5. The predicted molar refractivity (Wildman–Crippen MR) is 112 cm³/mol. The van der Waals surface area contributed by atoms with E-state index in [0.29, 0.717) is 12.1 Å². The molecule has 1 aliphatic rings. The first-order valence-electron chi connectivity index (χ1n) is 9.49. The molecular weight excluding hydrogens is 356 g/mol. The SMILES string of the molecule is CCN(C(=O)c1ccc2c(Cl)c3c(nc2c1)CCC3)c1cc(C)ccc1C. The first kappa shape index (κ1) is 18.0. The van der Waals surface area contributed by atoms with Crippen molar-refractivity contribution in [2.45, 2.75) is 40.0 Å². The Hall–Kier alpha value is -2.39. The Labute approximate surface area is 165 Å². The Balaban J connectivity index is 1.77. The molecule has 0 aliphatic heterocycles. The van der Waals surface area contributed by atoms with Crippen LogP contribution in [0.3, 0.4) is 0 Å². The van der Waals surface area contributed by atoms with E-state index in [0.717, 1.165) is 57.7 Å². The molecule has 0 saturated carbocycles. The zero-order chi connectivity index (χ0) is 19.1. The van der Waals surface area contributed by atoms with Gasteiger partial charge in [-0.05, 0) is 74.9 Å². The van der Waals surface area contributed by atoms with E-state index >= 15 is 0 Å². The number of pyridine rings is 1. The van der Waals surface area contributed by atoms with Gasteiger partial charge >= 0.3 is 0 Å². The van der Waals surface area contributed by atoms with Crippen LogP contribution in [0.4, 0.5) is 5.69 Å². The summed E-state index contributed by atoms with van der Waals surface area (Å²) in [6, 6.07) is 11.9. The molecule has 0 unspecified atom stereocenters. The second kappa shape index (κ2) is 6.97. The van der Waals surface area contributed by atoms with Crippen molar-refractivity contribution in [1.82, 2.24) is 4.98 Å². The van der Waals surface area contributed by atoms with Crippen LogP contribution in [-0.4, -0.2) is 17.4 Å². The largest absolute Gasteiger partial charge is 0.308 e. The summed E-state index contributed by atoms with van der Waals surface area (Å²) >= 11 is 6.61. The number of hydrogen-bond donors (Lipinski definition) is 0. The van der Waals surface area contributed by atoms with Crippen molar-refractivity contribution in [2.24, 2.45) is 0 Å². The van der Waals surface area contributed by atoms with E-state index in [9.17, 15) is 4.79 Å². The van der Waals surface area contributed by atoms with E-state index < -0.39 is 0 Å². The number of halogens is 1. The molecule has 3 nitrogen and oxygen atoms in total. The average Bonchev–Trinajstić information content (AvgIpc) is 3.13. The molecule has 0 saturated heterocycles. The van der Waals surface area contributed by atoms with Gasteiger partial charge in [0.15, 0.2) is 0 Å². The Morgan fingerprint density at radius 2 is 1.96 bits per heavy atom. The van der Waals surface area contributed by atoms with Crippen LogP contribution in [0.5, 0.6) is 0 Å². The number of nitrogens with zero attached hydrogens (tertiary/aromatic N) is 2. The van der Waals surface area contributed by atoms with Gasteiger partial charge in [0.25, 0.3) is 5.91 Å². The van der Waals surface area contributed by atoms with E-state index in [2.05, 4.69) is 18.2 Å². The van der Waals surface area contributed by atoms with Gasteiger partial charge in [-0.1, -0.05) is 29.8 Å². The maximum absolute atomic E-state index is 13.3. The molecule has 0 spiro atoms. The molecule has 1 amide bonds. The van der Waals surface area contributed by atoms with Gasteiger partial charge in [0, 0.05) is 28.9 Å². The quantitative estimate of drug-likeness (QED) is 0.589. The van der Waals surface area contributed by atoms with E-state index in [4.69, 9.17) is 16.6 Å². The minimum Gasteiger partial charge on any atom is -0.308 e. The van der Waals surface area contributed by atoms with E-state index in [1.807, 2.05) is 43.9 Å². The third-order valence-electron chi connectivity index (χ3n) is 5.41. The summed E-state index contributed by atoms with van der Waals surface area (Å²) in [5, 5.41) is 1.73. The molecule has 4 rings (SSSR count). The first-order chi connectivity index (χ1) is 13.0. The Bertz CT molecular complexity index is 1060. The number of rotatable bonds is 3. The normalized spacial score (nSPS) is 13.0. The number of fused-ring (bicyclic) bond motifs is 2. The monoisotopic (exact) mass is 378 g/mol. The van der Waals surface area contributed by atoms with E-state index in [1.165, 1.54) is 5.56 Å². The minimum atomic E-state index is -0.00785. The summed E-state index contributed by atoms with van der Waals surface area (Å²) in [7, 11) is 0. The van der Waals surface area contributed by atoms with Crippen LogP contribution in [0.2, 0.25) is 5.02 Å². The van der Waals surface area contributed by atoms with Gasteiger partial charge in [-0.25, -0.2) is 0 Å². The smallest absolute Gasteiger partial charge is 0.258 e. The van der Waals surface area contributed by atoms with E-state index in [-0.39, 0.29) is 5.91 Å². The Morgan fingerprint density at radius 3 is 2.74 bits per heavy atom. The van der Waals surface area contributed by atoms with Gasteiger partial charge in [-0.15, -0.1) is 0 Å². The van der Waals surface area contributed by atoms with Gasteiger partial charge in [-0.2, -0.15) is 0 Å². The summed E-state index contributed by atoms with van der Waals surface area (Å²) in [6.07, 6.45) is 3.06. The van der Waals surface area contributed by atoms with Crippen LogP contribution >= 0.6 is 11.6 Å². The zero-order valence-corrected chi connectivity index (χ0v) is 16.7. The van der Waals surface area contributed by atoms with Crippen molar-refractivity contribution in [1.29, 1.82) is 0 Å². The Kier molecular flexibility index (Phi) is 4.65. The van der Waals surface area contributed by atoms with Gasteiger partial charge in [0.2, 0.25) is 0 Å². The molecule has 0 bridgehead atoms. The number of carbonyl (C=O) groups excluding carboxylic acids is 1. The van der Waals surface area contributed by atoms with Gasteiger partial charge < -0.3 is 4.90 Å². The molecule has 138 valence electrons. The van der Waals surface area contributed by atoms with Crippen LogP contribution in [0.1, 0.15) is 46.1 Å². The molecule has 0 atom stereocenters. The van der Waals surface area contributed by atoms with Crippen molar-refractivity contribution < 1.29 is 4.79 Å². The van der Waals surface area contributed by atoms with Gasteiger partial charge in [0.1, 0.15) is 0 Å². The van der Waals surface area contributed by atoms with Gasteiger partial charge in [0.05, 0.1) is 10.5 Å². The number of aromatic nitrogens is 1. The fourth-order valence-corrected chi connectivity index (χ4v) is 4.29. The molecule has 0 fully saturated rings. The maximum Gasteiger partial charge on any atom is 0.258 e. The number of benzene rings is 2. The van der Waals surface area contributed by atoms with Crippen LogP contribution in [0, 0.1) is 13.8 Å². The summed E-state index contributed by atoms with van der Waals surface area (Å²) in [4.78, 5) is 19.9. The lowest BCUT2D eigenvalue weighted by Crippen LogP contribution is -2.31. The number of amides is 1. The predicted octanol–water partition coefficient (Wildman–Crippen LogP) is 5.66. The minimum absolute atomic E-state index is 0.00785. The highest BCUT2D eigenvalue weighted by molar-refractivity contribution is 6.36. The van der Waals surface area contributed by atoms with Crippen molar-refractivity contribution in [3.8, 4) is 0 Å². The maximum atomic E-state index is 13.3. The molecule has 0 radical (unpaired) electrons. The van der Waals surface area contributed by atoms with Crippen molar-refractivity contribution in [3.05, 3.63) is 69.4 Å². The standard InChI is InChI=1S/C23H23ClN2O/c1-4-26(21-12-14(2)8-9-15(21)3)23(27)16-10-11-18-20(13-16)25-19-7-5-6-17(19)22(18)24/h8-13H,4-7H2,1-3H3. The third kappa shape index (κ3) is 3.10. The molecule has 2 aromatic carbocycles. The molecule has 1 aromatic heterocycles. The molecule has 1 aliphatic carbocycles. The zero-order valence-electron chi connectivity index (χ0n) is 16.0. The molecule has 3 aromatic rings. The fraction of sp³-hybridized carbons (Fsp3) is 0.304. The number of aryl methyl sites for hydroxylation is 3. The third-order valence-corrected chi connectivity index (χ3v) is 5.84. The van der Waals surface area contributed by atoms with Crippen LogP contribution in [-0.2, 0) is 12.8 Å². The fourth-order valence-electron chi connectivity index (χ4n) is 3.93. The number of hydrogen-bond acceptors (Lipinski definition) is 2. The molecular formula is C23H23ClN2O. The number of carbonyl (C=O) groups is 1. The molecule has 27 heavy (non-hydrogen) atoms. The highest BCUT2D eigenvalue weighted by Crippen LogP contribution is 2.34. The molecule has 4 heteroatoms. The summed E-state index contributed by atoms with van der Waals surface area (Å²) in [5.74, 6) is -0.00785. The lowest BCUT2D eigenvalue weighted by atomic mass is 10.1. The molecule has 1 heterocycles. The van der Waals surface area contributed by atoms with Crippen molar-refractivity contribution in [2.75, 3.05) is 11.4 Å². The van der Waals surface area contributed by atoms with Crippen molar-refractivity contribution >= 4 is 34.1 Å².